The van der Waals surface area contributed by atoms with Crippen LogP contribution >= 0.6 is 0 Å². The molecule has 6 nitrogen and oxygen atoms in total. The van der Waals surface area contributed by atoms with Crippen molar-refractivity contribution in [2.24, 2.45) is 0 Å². The highest BCUT2D eigenvalue weighted by Gasteiger charge is 2.10. The van der Waals surface area contributed by atoms with Gasteiger partial charge in [0, 0.05) is 26.4 Å². The highest BCUT2D eigenvalue weighted by molar-refractivity contribution is 5.89. The molecule has 0 fully saturated rings. The molecule has 0 saturated carbocycles. The summed E-state index contributed by atoms with van der Waals surface area (Å²) in [6, 6.07) is 12.8. The van der Waals surface area contributed by atoms with Crippen LogP contribution in [-0.2, 0) is 11.3 Å². The van der Waals surface area contributed by atoms with E-state index in [0.717, 1.165) is 5.56 Å². The van der Waals surface area contributed by atoms with Gasteiger partial charge in [-0.3, -0.25) is 0 Å². The Labute approximate surface area is 156 Å². The van der Waals surface area contributed by atoms with Gasteiger partial charge >= 0.3 is 12.6 Å². The highest BCUT2D eigenvalue weighted by Crippen LogP contribution is 2.18. The molecular weight excluding hydrogens is 358 g/mol. The lowest BCUT2D eigenvalue weighted by atomic mass is 10.2. The predicted octanol–water partition coefficient (Wildman–Crippen LogP) is 3.98. The van der Waals surface area contributed by atoms with Crippen LogP contribution in [-0.4, -0.2) is 44.9 Å². The Morgan fingerprint density at radius 3 is 2.26 bits per heavy atom. The number of anilines is 1. The van der Waals surface area contributed by atoms with Gasteiger partial charge in [0.05, 0.1) is 6.61 Å². The molecule has 0 saturated heterocycles. The van der Waals surface area contributed by atoms with Crippen LogP contribution in [0, 0.1) is 0 Å². The van der Waals surface area contributed by atoms with Crippen LogP contribution in [0.5, 0.6) is 11.5 Å². The fourth-order valence-corrected chi connectivity index (χ4v) is 2.22. The van der Waals surface area contributed by atoms with Crippen molar-refractivity contribution in [3.8, 4) is 11.5 Å². The van der Waals surface area contributed by atoms with E-state index in [1.165, 1.54) is 17.0 Å². The summed E-state index contributed by atoms with van der Waals surface area (Å²) in [6.07, 6.45) is 0. The van der Waals surface area contributed by atoms with E-state index in [-0.39, 0.29) is 11.8 Å². The smallest absolute Gasteiger partial charge is 0.387 e. The van der Waals surface area contributed by atoms with E-state index in [9.17, 15) is 13.6 Å². The lowest BCUT2D eigenvalue weighted by Gasteiger charge is -2.18. The molecule has 8 heteroatoms. The maximum atomic E-state index is 12.3. The number of ether oxygens (including phenoxy) is 3. The molecular formula is C19H22F2N2O4. The molecule has 2 amide bonds. The number of carbonyl (C=O) groups is 1. The van der Waals surface area contributed by atoms with E-state index in [2.05, 4.69) is 10.1 Å². The minimum absolute atomic E-state index is 0.0775. The number of nitrogens with zero attached hydrogens (tertiary/aromatic N) is 1. The summed E-state index contributed by atoms with van der Waals surface area (Å²) in [6.45, 7) is -1.59. The third kappa shape index (κ3) is 7.10. The Kier molecular flexibility index (Phi) is 7.81. The first-order valence-electron chi connectivity index (χ1n) is 8.25. The summed E-state index contributed by atoms with van der Waals surface area (Å²) in [7, 11) is 3.24. The van der Waals surface area contributed by atoms with Crippen LogP contribution in [0.1, 0.15) is 5.56 Å². The topological polar surface area (TPSA) is 60.0 Å². The van der Waals surface area contributed by atoms with Gasteiger partial charge in [-0.05, 0) is 42.0 Å². The van der Waals surface area contributed by atoms with Gasteiger partial charge in [-0.25, -0.2) is 4.79 Å². The molecule has 1 N–H and O–H groups in total. The van der Waals surface area contributed by atoms with Crippen LogP contribution in [0.3, 0.4) is 0 Å². The largest absolute Gasteiger partial charge is 0.491 e. The number of rotatable bonds is 9. The number of hydrogen-bond acceptors (Lipinski definition) is 4. The lowest BCUT2D eigenvalue weighted by Crippen LogP contribution is -2.30. The van der Waals surface area contributed by atoms with Gasteiger partial charge < -0.3 is 24.4 Å². The molecule has 0 aromatic heterocycles. The number of benzene rings is 2. The fraction of sp³-hybridized carbons (Fsp3) is 0.316. The maximum absolute atomic E-state index is 12.3. The number of amides is 2. The van der Waals surface area contributed by atoms with E-state index >= 15 is 0 Å². The van der Waals surface area contributed by atoms with Crippen LogP contribution in [0.4, 0.5) is 19.3 Å². The van der Waals surface area contributed by atoms with Crippen molar-refractivity contribution in [2.45, 2.75) is 13.2 Å². The molecule has 0 bridgehead atoms. The Morgan fingerprint density at radius 2 is 1.67 bits per heavy atom. The quantitative estimate of drug-likeness (QED) is 0.669. The zero-order valence-electron chi connectivity index (χ0n) is 15.2. The van der Waals surface area contributed by atoms with E-state index in [4.69, 9.17) is 9.47 Å². The average molecular weight is 380 g/mol. The lowest BCUT2D eigenvalue weighted by molar-refractivity contribution is -0.0498. The first-order chi connectivity index (χ1) is 13.0. The number of carbonyl (C=O) groups excluding carboxylic acids is 1. The number of hydrogen-bond donors (Lipinski definition) is 1. The van der Waals surface area contributed by atoms with Crippen LogP contribution in [0.2, 0.25) is 0 Å². The van der Waals surface area contributed by atoms with Crippen LogP contribution < -0.4 is 14.8 Å². The maximum Gasteiger partial charge on any atom is 0.387 e. The molecule has 2 aromatic rings. The third-order valence-electron chi connectivity index (χ3n) is 3.58. The molecule has 0 heterocycles. The molecule has 2 aromatic carbocycles. The van der Waals surface area contributed by atoms with Crippen molar-refractivity contribution < 1.29 is 27.8 Å². The number of urea groups is 1. The summed E-state index contributed by atoms with van der Waals surface area (Å²) in [4.78, 5) is 13.7. The van der Waals surface area contributed by atoms with Crippen molar-refractivity contribution >= 4 is 11.7 Å². The standard InChI is InChI=1S/C19H22F2N2O4/c1-23(13-14-3-7-17(8-4-14)27-18(20)21)19(24)22-15-5-9-16(10-6-15)26-12-11-25-2/h3-10,18H,11-13H2,1-2H3,(H,22,24). The summed E-state index contributed by atoms with van der Waals surface area (Å²) in [5.41, 5.74) is 1.42. The molecule has 0 aliphatic heterocycles. The average Bonchev–Trinajstić information content (AvgIpc) is 2.64. The van der Waals surface area contributed by atoms with E-state index < -0.39 is 6.61 Å². The summed E-state index contributed by atoms with van der Waals surface area (Å²) in [5.74, 6) is 0.762. The fourth-order valence-electron chi connectivity index (χ4n) is 2.22. The van der Waals surface area contributed by atoms with Crippen LogP contribution in [0.25, 0.3) is 0 Å². The minimum atomic E-state index is -2.86. The molecule has 0 radical (unpaired) electrons. The van der Waals surface area contributed by atoms with E-state index in [1.54, 1.807) is 50.6 Å². The monoisotopic (exact) mass is 380 g/mol. The summed E-state index contributed by atoms with van der Waals surface area (Å²) in [5, 5.41) is 2.78. The first-order valence-corrected chi connectivity index (χ1v) is 8.25. The number of nitrogens with one attached hydrogen (secondary N) is 1. The van der Waals surface area contributed by atoms with Crippen molar-refractivity contribution in [3.05, 3.63) is 54.1 Å². The molecule has 0 spiro atoms. The van der Waals surface area contributed by atoms with E-state index in [1.807, 2.05) is 0 Å². The zero-order chi connectivity index (χ0) is 19.6. The zero-order valence-corrected chi connectivity index (χ0v) is 15.2. The second-order valence-electron chi connectivity index (χ2n) is 5.67. The van der Waals surface area contributed by atoms with Gasteiger partial charge in [0.15, 0.2) is 0 Å². The van der Waals surface area contributed by atoms with Gasteiger partial charge in [-0.15, -0.1) is 0 Å². The second kappa shape index (κ2) is 10.3. The van der Waals surface area contributed by atoms with Crippen molar-refractivity contribution in [3.63, 3.8) is 0 Å². The molecule has 27 heavy (non-hydrogen) atoms. The molecule has 0 unspecified atom stereocenters. The van der Waals surface area contributed by atoms with Gasteiger partial charge in [0.25, 0.3) is 0 Å². The Bertz CT molecular complexity index is 709. The van der Waals surface area contributed by atoms with Crippen molar-refractivity contribution in [2.75, 3.05) is 32.7 Å². The van der Waals surface area contributed by atoms with Gasteiger partial charge in [0.1, 0.15) is 18.1 Å². The molecule has 0 aliphatic carbocycles. The van der Waals surface area contributed by atoms with E-state index in [0.29, 0.717) is 31.2 Å². The third-order valence-corrected chi connectivity index (χ3v) is 3.58. The molecule has 0 aliphatic rings. The van der Waals surface area contributed by atoms with Crippen LogP contribution in [0.15, 0.2) is 48.5 Å². The number of halogens is 2. The summed E-state index contributed by atoms with van der Waals surface area (Å²) >= 11 is 0. The summed E-state index contributed by atoms with van der Waals surface area (Å²) < 4.78 is 39.0. The predicted molar refractivity (Wildman–Crippen MR) is 97.4 cm³/mol. The van der Waals surface area contributed by atoms with Gasteiger partial charge in [-0.2, -0.15) is 8.78 Å². The van der Waals surface area contributed by atoms with Gasteiger partial charge in [0.2, 0.25) is 0 Å². The second-order valence-corrected chi connectivity index (χ2v) is 5.67. The molecule has 0 atom stereocenters. The Morgan fingerprint density at radius 1 is 1.04 bits per heavy atom. The Hall–Kier alpha value is -2.87. The molecule has 2 rings (SSSR count). The highest BCUT2D eigenvalue weighted by atomic mass is 19.3. The van der Waals surface area contributed by atoms with Crippen molar-refractivity contribution in [1.29, 1.82) is 0 Å². The molecule has 146 valence electrons. The number of alkyl halides is 2. The number of methoxy groups -OCH3 is 1. The SMILES string of the molecule is COCCOc1ccc(NC(=O)N(C)Cc2ccc(OC(F)F)cc2)cc1. The minimum Gasteiger partial charge on any atom is -0.491 e. The van der Waals surface area contributed by atoms with Crippen molar-refractivity contribution in [1.82, 2.24) is 4.90 Å². The van der Waals surface area contributed by atoms with Gasteiger partial charge in [-0.1, -0.05) is 12.1 Å². The normalized spacial score (nSPS) is 10.6. The first kappa shape index (κ1) is 20.4. The Balaban J connectivity index is 1.84.